The number of hydrogen-bond acceptors (Lipinski definition) is 4. The van der Waals surface area contributed by atoms with Crippen LogP contribution in [0.3, 0.4) is 0 Å². The Morgan fingerprint density at radius 3 is 2.50 bits per heavy atom. The molecular formula is C20H21F2N3O3. The van der Waals surface area contributed by atoms with Gasteiger partial charge in [0.15, 0.2) is 5.82 Å². The minimum atomic E-state index is -1.38. The molecular weight excluding hydrogens is 368 g/mol. The lowest BCUT2D eigenvalue weighted by atomic mass is 9.84. The monoisotopic (exact) mass is 389 g/mol. The lowest BCUT2D eigenvalue weighted by Crippen LogP contribution is -2.44. The van der Waals surface area contributed by atoms with Crippen molar-refractivity contribution in [2.45, 2.75) is 25.3 Å². The number of nitrogens with one attached hydrogen (secondary N) is 1. The first kappa shape index (κ1) is 17.6. The molecule has 6 nitrogen and oxygen atoms in total. The molecule has 2 heterocycles. The van der Waals surface area contributed by atoms with Gasteiger partial charge in [0.25, 0.3) is 0 Å². The fourth-order valence-corrected chi connectivity index (χ4v) is 5.19. The smallest absolute Gasteiger partial charge is 0.341 e. The van der Waals surface area contributed by atoms with Crippen molar-refractivity contribution in [1.82, 2.24) is 9.88 Å². The Labute approximate surface area is 159 Å². The summed E-state index contributed by atoms with van der Waals surface area (Å²) < 4.78 is 32.2. The SMILES string of the molecule is O=C(O)c1cn([C@@H]2CC3CC2C3)c2c(F)c(N3CCNCC3)c(F)cc2c1=O. The summed E-state index contributed by atoms with van der Waals surface area (Å²) in [5, 5.41) is 12.4. The summed E-state index contributed by atoms with van der Waals surface area (Å²) in [5.41, 5.74) is -1.38. The lowest BCUT2D eigenvalue weighted by molar-refractivity contribution is 0.0694. The Morgan fingerprint density at radius 2 is 1.89 bits per heavy atom. The van der Waals surface area contributed by atoms with Crippen LogP contribution in [0.1, 0.15) is 35.7 Å². The molecule has 6 rings (SSSR count). The van der Waals surface area contributed by atoms with E-state index in [9.17, 15) is 19.1 Å². The van der Waals surface area contributed by atoms with E-state index in [1.165, 1.54) is 6.20 Å². The number of pyridine rings is 1. The molecule has 0 radical (unpaired) electrons. The summed E-state index contributed by atoms with van der Waals surface area (Å²) in [6.07, 6.45) is 4.17. The molecule has 28 heavy (non-hydrogen) atoms. The first-order chi connectivity index (χ1) is 13.5. The minimum Gasteiger partial charge on any atom is -0.477 e. The third kappa shape index (κ3) is 2.47. The van der Waals surface area contributed by atoms with Gasteiger partial charge >= 0.3 is 5.97 Å². The number of nitrogens with zero attached hydrogens (tertiary/aromatic N) is 2. The van der Waals surface area contributed by atoms with Gasteiger partial charge in [0.05, 0.1) is 10.9 Å². The highest BCUT2D eigenvalue weighted by molar-refractivity contribution is 5.94. The zero-order valence-corrected chi connectivity index (χ0v) is 15.3. The van der Waals surface area contributed by atoms with Gasteiger partial charge in [0.2, 0.25) is 5.43 Å². The van der Waals surface area contributed by atoms with Crippen LogP contribution in [0.2, 0.25) is 0 Å². The van der Waals surface area contributed by atoms with Crippen LogP contribution in [0.15, 0.2) is 17.1 Å². The molecule has 8 heteroatoms. The fourth-order valence-electron chi connectivity index (χ4n) is 5.19. The van der Waals surface area contributed by atoms with Crippen molar-refractivity contribution in [3.05, 3.63) is 39.7 Å². The van der Waals surface area contributed by atoms with Crippen LogP contribution in [-0.2, 0) is 0 Å². The van der Waals surface area contributed by atoms with Gasteiger partial charge in [-0.2, -0.15) is 0 Å². The topological polar surface area (TPSA) is 74.6 Å². The van der Waals surface area contributed by atoms with E-state index in [1.807, 2.05) is 0 Å². The van der Waals surface area contributed by atoms with Crippen LogP contribution in [0.5, 0.6) is 0 Å². The average molecular weight is 389 g/mol. The van der Waals surface area contributed by atoms with Gasteiger partial charge in [-0.3, -0.25) is 4.79 Å². The number of hydrogen-bond donors (Lipinski definition) is 2. The van der Waals surface area contributed by atoms with Crippen molar-refractivity contribution >= 4 is 22.6 Å². The highest BCUT2D eigenvalue weighted by atomic mass is 19.1. The van der Waals surface area contributed by atoms with E-state index in [1.54, 1.807) is 9.47 Å². The normalized spacial score (nSPS) is 26.5. The standard InChI is InChI=1S/C20H21F2N3O3/c21-14-8-12-17(16(22)18(14)24-3-1-23-2-4-24)25(9-13(19(12)26)20(27)28)15-7-10-5-11(15)6-10/h8-11,15,23H,1-7H2,(H,27,28)/t10?,11?,15-/m1/s1. The summed E-state index contributed by atoms with van der Waals surface area (Å²) in [6, 6.07) is 0.961. The number of fused-ring (bicyclic) bond motifs is 2. The Morgan fingerprint density at radius 1 is 1.18 bits per heavy atom. The van der Waals surface area contributed by atoms with Crippen LogP contribution in [0, 0.1) is 23.5 Å². The summed E-state index contributed by atoms with van der Waals surface area (Å²) in [5.74, 6) is -2.06. The van der Waals surface area contributed by atoms with Crippen LogP contribution in [0.4, 0.5) is 14.5 Å². The Bertz CT molecular complexity index is 1040. The second kappa shape index (κ2) is 6.27. The molecule has 3 aliphatic carbocycles. The minimum absolute atomic E-state index is 0.0301. The molecule has 0 unspecified atom stereocenters. The Kier molecular flexibility index (Phi) is 3.94. The second-order valence-corrected chi connectivity index (χ2v) is 8.14. The molecule has 2 aromatic rings. The molecule has 2 N–H and O–H groups in total. The maximum absolute atomic E-state index is 15.7. The van der Waals surface area contributed by atoms with Crippen molar-refractivity contribution in [1.29, 1.82) is 0 Å². The number of rotatable bonds is 3. The molecule has 1 aromatic carbocycles. The second-order valence-electron chi connectivity index (χ2n) is 8.14. The van der Waals surface area contributed by atoms with Crippen molar-refractivity contribution in [3.63, 3.8) is 0 Å². The molecule has 0 amide bonds. The van der Waals surface area contributed by atoms with E-state index in [2.05, 4.69) is 5.32 Å². The van der Waals surface area contributed by atoms with E-state index in [0.717, 1.165) is 25.3 Å². The van der Waals surface area contributed by atoms with Gasteiger partial charge in [-0.25, -0.2) is 13.6 Å². The molecule has 4 fully saturated rings. The molecule has 1 atom stereocenters. The van der Waals surface area contributed by atoms with Gasteiger partial charge in [-0.05, 0) is 37.2 Å². The quantitative estimate of drug-likeness (QED) is 0.843. The van der Waals surface area contributed by atoms with E-state index in [-0.39, 0.29) is 22.6 Å². The van der Waals surface area contributed by atoms with Crippen LogP contribution >= 0.6 is 0 Å². The van der Waals surface area contributed by atoms with E-state index in [0.29, 0.717) is 38.0 Å². The molecule has 3 saturated carbocycles. The van der Waals surface area contributed by atoms with E-state index >= 15 is 4.39 Å². The molecule has 1 saturated heterocycles. The van der Waals surface area contributed by atoms with Crippen molar-refractivity contribution in [2.24, 2.45) is 11.8 Å². The number of piperazine rings is 1. The maximum atomic E-state index is 15.7. The van der Waals surface area contributed by atoms with Crippen LogP contribution in [0.25, 0.3) is 10.9 Å². The molecule has 2 bridgehead atoms. The molecule has 148 valence electrons. The van der Waals surface area contributed by atoms with Gasteiger partial charge in [-0.1, -0.05) is 0 Å². The van der Waals surface area contributed by atoms with Crippen molar-refractivity contribution < 1.29 is 18.7 Å². The number of carboxylic acids is 1. The predicted octanol–water partition coefficient (Wildman–Crippen LogP) is 2.36. The zero-order chi connectivity index (χ0) is 19.6. The highest BCUT2D eigenvalue weighted by Gasteiger charge is 2.45. The van der Waals surface area contributed by atoms with Crippen molar-refractivity contribution in [2.75, 3.05) is 31.1 Å². The van der Waals surface area contributed by atoms with Crippen LogP contribution < -0.4 is 15.6 Å². The zero-order valence-electron chi connectivity index (χ0n) is 15.3. The number of carboxylic acid groups (broad SMARTS) is 1. The lowest BCUT2D eigenvalue weighted by Gasteiger charge is -2.31. The third-order valence-corrected chi connectivity index (χ3v) is 6.60. The largest absolute Gasteiger partial charge is 0.477 e. The Hall–Kier alpha value is -2.48. The number of benzene rings is 1. The maximum Gasteiger partial charge on any atom is 0.341 e. The predicted molar refractivity (Wildman–Crippen MR) is 100 cm³/mol. The van der Waals surface area contributed by atoms with Crippen LogP contribution in [-0.4, -0.2) is 41.8 Å². The fraction of sp³-hybridized carbons (Fsp3) is 0.500. The van der Waals surface area contributed by atoms with E-state index in [4.69, 9.17) is 0 Å². The summed E-state index contributed by atoms with van der Waals surface area (Å²) in [6.45, 7) is 2.16. The molecule has 4 aliphatic rings. The van der Waals surface area contributed by atoms with Gasteiger partial charge < -0.3 is 19.9 Å². The first-order valence-electron chi connectivity index (χ1n) is 9.71. The average Bonchev–Trinajstić information content (AvgIpc) is 3.24. The molecule has 1 aromatic heterocycles. The van der Waals surface area contributed by atoms with Gasteiger partial charge in [0.1, 0.15) is 17.1 Å². The van der Waals surface area contributed by atoms with Crippen molar-refractivity contribution in [3.8, 4) is 0 Å². The first-order valence-corrected chi connectivity index (χ1v) is 9.71. The Balaban J connectivity index is 1.79. The highest BCUT2D eigenvalue weighted by Crippen LogP contribution is 2.55. The van der Waals surface area contributed by atoms with Gasteiger partial charge in [-0.15, -0.1) is 0 Å². The summed E-state index contributed by atoms with van der Waals surface area (Å²) in [4.78, 5) is 25.9. The number of anilines is 1. The van der Waals surface area contributed by atoms with E-state index < -0.39 is 28.6 Å². The molecule has 0 spiro atoms. The number of aromatic carboxylic acids is 1. The number of aromatic nitrogens is 1. The summed E-state index contributed by atoms with van der Waals surface area (Å²) >= 11 is 0. The number of carbonyl (C=O) groups is 1. The molecule has 1 aliphatic heterocycles. The van der Waals surface area contributed by atoms with Gasteiger partial charge in [0, 0.05) is 38.4 Å². The third-order valence-electron chi connectivity index (χ3n) is 6.60. The number of halogens is 2. The summed E-state index contributed by atoms with van der Waals surface area (Å²) in [7, 11) is 0.